The molecule has 0 aliphatic carbocycles. The Hall–Kier alpha value is -2.57. The number of rotatable bonds is 7. The van der Waals surface area contributed by atoms with E-state index in [-0.39, 0.29) is 5.91 Å². The van der Waals surface area contributed by atoms with Crippen LogP contribution in [0.4, 0.5) is 5.69 Å². The third-order valence-electron chi connectivity index (χ3n) is 5.95. The van der Waals surface area contributed by atoms with E-state index in [1.165, 1.54) is 16.7 Å². The van der Waals surface area contributed by atoms with Crippen LogP contribution in [0.5, 0.6) is 11.5 Å². The van der Waals surface area contributed by atoms with E-state index in [4.69, 9.17) is 9.47 Å². The first kappa shape index (κ1) is 22.1. The van der Waals surface area contributed by atoms with Gasteiger partial charge in [0.2, 0.25) is 5.91 Å². The van der Waals surface area contributed by atoms with Crippen molar-refractivity contribution in [2.75, 3.05) is 52.3 Å². The van der Waals surface area contributed by atoms with E-state index in [0.29, 0.717) is 6.54 Å². The average Bonchev–Trinajstić information content (AvgIpc) is 2.74. The van der Waals surface area contributed by atoms with Gasteiger partial charge >= 0.3 is 0 Å². The molecule has 0 bridgehead atoms. The number of aryl methyl sites for hydroxylation is 2. The Morgan fingerprint density at radius 3 is 2.23 bits per heavy atom. The molecule has 0 spiro atoms. The summed E-state index contributed by atoms with van der Waals surface area (Å²) in [5.74, 6) is 1.58. The zero-order chi connectivity index (χ0) is 21.7. The van der Waals surface area contributed by atoms with Crippen LogP contribution in [0.25, 0.3) is 0 Å². The molecule has 0 aromatic heterocycles. The molecule has 1 aliphatic rings. The predicted molar refractivity (Wildman–Crippen MR) is 121 cm³/mol. The molecule has 30 heavy (non-hydrogen) atoms. The van der Waals surface area contributed by atoms with Gasteiger partial charge in [-0.25, -0.2) is 0 Å². The smallest absolute Gasteiger partial charge is 0.238 e. The van der Waals surface area contributed by atoms with Crippen molar-refractivity contribution in [1.29, 1.82) is 0 Å². The Morgan fingerprint density at radius 2 is 1.57 bits per heavy atom. The quantitative estimate of drug-likeness (QED) is 0.757. The summed E-state index contributed by atoms with van der Waals surface area (Å²) in [6.45, 7) is 11.1. The van der Waals surface area contributed by atoms with Gasteiger partial charge in [0.15, 0.2) is 11.5 Å². The van der Waals surface area contributed by atoms with E-state index in [0.717, 1.165) is 55.5 Å². The molecule has 0 saturated carbocycles. The zero-order valence-corrected chi connectivity index (χ0v) is 18.7. The zero-order valence-electron chi connectivity index (χ0n) is 18.7. The van der Waals surface area contributed by atoms with Crippen LogP contribution in [0.1, 0.15) is 22.3 Å². The molecule has 1 N–H and O–H groups in total. The van der Waals surface area contributed by atoms with Crippen molar-refractivity contribution in [1.82, 2.24) is 9.80 Å². The van der Waals surface area contributed by atoms with Crippen LogP contribution < -0.4 is 14.8 Å². The Labute approximate surface area is 179 Å². The fourth-order valence-corrected chi connectivity index (χ4v) is 3.82. The van der Waals surface area contributed by atoms with Gasteiger partial charge < -0.3 is 14.8 Å². The molecule has 0 unspecified atom stereocenters. The number of nitrogens with one attached hydrogen (secondary N) is 1. The fourth-order valence-electron chi connectivity index (χ4n) is 3.82. The topological polar surface area (TPSA) is 54.0 Å². The third-order valence-corrected chi connectivity index (χ3v) is 5.95. The van der Waals surface area contributed by atoms with E-state index in [9.17, 15) is 4.79 Å². The standard InChI is InChI=1S/C24H33N3O3/c1-17-7-6-8-21(19(17)3)25-24(28)16-27-11-9-26(10-12-27)15-20-14-23(30-5)22(29-4)13-18(20)2/h6-8,13-14H,9-12,15-16H2,1-5H3,(H,25,28). The van der Waals surface area contributed by atoms with Gasteiger partial charge in [-0.05, 0) is 61.2 Å². The lowest BCUT2D eigenvalue weighted by Gasteiger charge is -2.34. The summed E-state index contributed by atoms with van der Waals surface area (Å²) in [6, 6.07) is 10.1. The summed E-state index contributed by atoms with van der Waals surface area (Å²) in [6.07, 6.45) is 0. The molecule has 6 nitrogen and oxygen atoms in total. The first-order valence-corrected chi connectivity index (χ1v) is 10.4. The highest BCUT2D eigenvalue weighted by Crippen LogP contribution is 2.31. The summed E-state index contributed by atoms with van der Waals surface area (Å²) in [5.41, 5.74) is 5.66. The maximum Gasteiger partial charge on any atom is 0.238 e. The highest BCUT2D eigenvalue weighted by Gasteiger charge is 2.20. The molecule has 3 rings (SSSR count). The number of piperazine rings is 1. The molecule has 0 atom stereocenters. The molecule has 1 aliphatic heterocycles. The highest BCUT2D eigenvalue weighted by molar-refractivity contribution is 5.93. The van der Waals surface area contributed by atoms with E-state index in [1.54, 1.807) is 14.2 Å². The van der Waals surface area contributed by atoms with Crippen LogP contribution in [0, 0.1) is 20.8 Å². The molecule has 1 amide bonds. The SMILES string of the molecule is COc1cc(C)c(CN2CCN(CC(=O)Nc3cccc(C)c3C)CC2)cc1OC. The highest BCUT2D eigenvalue weighted by atomic mass is 16.5. The summed E-state index contributed by atoms with van der Waals surface area (Å²) < 4.78 is 10.8. The van der Waals surface area contributed by atoms with Crippen LogP contribution in [0.2, 0.25) is 0 Å². The van der Waals surface area contributed by atoms with Crippen LogP contribution in [-0.2, 0) is 11.3 Å². The predicted octanol–water partition coefficient (Wildman–Crippen LogP) is 3.39. The van der Waals surface area contributed by atoms with Crippen molar-refractivity contribution in [3.05, 3.63) is 52.6 Å². The van der Waals surface area contributed by atoms with Crippen LogP contribution in [0.3, 0.4) is 0 Å². The maximum absolute atomic E-state index is 12.5. The molecule has 6 heteroatoms. The van der Waals surface area contributed by atoms with E-state index in [1.807, 2.05) is 25.1 Å². The van der Waals surface area contributed by atoms with Crippen molar-refractivity contribution in [3.63, 3.8) is 0 Å². The minimum Gasteiger partial charge on any atom is -0.493 e. The monoisotopic (exact) mass is 411 g/mol. The van der Waals surface area contributed by atoms with Crippen LogP contribution >= 0.6 is 0 Å². The number of nitrogens with zero attached hydrogens (tertiary/aromatic N) is 2. The summed E-state index contributed by atoms with van der Waals surface area (Å²) in [5, 5.41) is 3.06. The third kappa shape index (κ3) is 5.32. The van der Waals surface area contributed by atoms with Crippen LogP contribution in [0.15, 0.2) is 30.3 Å². The van der Waals surface area contributed by atoms with Crippen molar-refractivity contribution in [2.24, 2.45) is 0 Å². The minimum atomic E-state index is 0.0490. The fraction of sp³-hybridized carbons (Fsp3) is 0.458. The molecule has 1 fully saturated rings. The lowest BCUT2D eigenvalue weighted by molar-refractivity contribution is -0.117. The average molecular weight is 412 g/mol. The Kier molecular flexibility index (Phi) is 7.34. The lowest BCUT2D eigenvalue weighted by Crippen LogP contribution is -2.48. The first-order chi connectivity index (χ1) is 14.4. The summed E-state index contributed by atoms with van der Waals surface area (Å²) in [4.78, 5) is 17.1. The number of benzene rings is 2. The van der Waals surface area contributed by atoms with Crippen LogP contribution in [-0.4, -0.2) is 62.7 Å². The first-order valence-electron chi connectivity index (χ1n) is 10.4. The number of amides is 1. The van der Waals surface area contributed by atoms with Crippen molar-refractivity contribution in [3.8, 4) is 11.5 Å². The second kappa shape index (κ2) is 9.96. The van der Waals surface area contributed by atoms with Gasteiger partial charge in [0.25, 0.3) is 0 Å². The Bertz CT molecular complexity index is 890. The van der Waals surface area contributed by atoms with E-state index >= 15 is 0 Å². The molecular formula is C24H33N3O3. The molecular weight excluding hydrogens is 378 g/mol. The summed E-state index contributed by atoms with van der Waals surface area (Å²) >= 11 is 0. The van der Waals surface area contributed by atoms with Gasteiger partial charge in [0.1, 0.15) is 0 Å². The number of ether oxygens (including phenoxy) is 2. The second-order valence-corrected chi connectivity index (χ2v) is 7.98. The Morgan fingerprint density at radius 1 is 0.933 bits per heavy atom. The second-order valence-electron chi connectivity index (χ2n) is 7.98. The molecule has 1 saturated heterocycles. The molecule has 2 aromatic rings. The van der Waals surface area contributed by atoms with Gasteiger partial charge in [0, 0.05) is 38.4 Å². The molecule has 162 valence electrons. The number of hydrogen-bond donors (Lipinski definition) is 1. The lowest BCUT2D eigenvalue weighted by atomic mass is 10.1. The molecule has 0 radical (unpaired) electrons. The largest absolute Gasteiger partial charge is 0.493 e. The van der Waals surface area contributed by atoms with Gasteiger partial charge in [-0.15, -0.1) is 0 Å². The maximum atomic E-state index is 12.5. The Balaban J connectivity index is 1.51. The summed E-state index contributed by atoms with van der Waals surface area (Å²) in [7, 11) is 3.33. The number of carbonyl (C=O) groups excluding carboxylic acids is 1. The van der Waals surface area contributed by atoms with Gasteiger partial charge in [-0.1, -0.05) is 12.1 Å². The van der Waals surface area contributed by atoms with Crippen molar-refractivity contribution >= 4 is 11.6 Å². The number of carbonyl (C=O) groups is 1. The molecule has 1 heterocycles. The van der Waals surface area contributed by atoms with Crippen molar-refractivity contribution < 1.29 is 14.3 Å². The number of anilines is 1. The minimum absolute atomic E-state index is 0.0490. The molecule has 2 aromatic carbocycles. The van der Waals surface area contributed by atoms with Gasteiger partial charge in [-0.2, -0.15) is 0 Å². The van der Waals surface area contributed by atoms with Gasteiger partial charge in [-0.3, -0.25) is 14.6 Å². The van der Waals surface area contributed by atoms with Gasteiger partial charge in [0.05, 0.1) is 20.8 Å². The van der Waals surface area contributed by atoms with E-state index in [2.05, 4.69) is 41.1 Å². The van der Waals surface area contributed by atoms with E-state index < -0.39 is 0 Å². The number of methoxy groups -OCH3 is 2. The number of hydrogen-bond acceptors (Lipinski definition) is 5. The normalized spacial score (nSPS) is 15.1. The van der Waals surface area contributed by atoms with Crippen molar-refractivity contribution in [2.45, 2.75) is 27.3 Å².